The van der Waals surface area contributed by atoms with Crippen LogP contribution in [0.5, 0.6) is 5.75 Å². The molecule has 2 aromatic rings. The van der Waals surface area contributed by atoms with Crippen molar-refractivity contribution in [2.24, 2.45) is 10.7 Å². The third-order valence-electron chi connectivity index (χ3n) is 3.88. The summed E-state index contributed by atoms with van der Waals surface area (Å²) in [7, 11) is 1.69. The van der Waals surface area contributed by atoms with Gasteiger partial charge in [0.05, 0.1) is 0 Å². The molecule has 0 aliphatic heterocycles. The highest BCUT2D eigenvalue weighted by Gasteiger charge is 2.06. The first-order valence-corrected chi connectivity index (χ1v) is 10.1. The zero-order chi connectivity index (χ0) is 20.4. The van der Waals surface area contributed by atoms with Crippen LogP contribution in [0.2, 0.25) is 0 Å². The maximum Gasteiger partial charge on any atom is 0.255 e. The lowest BCUT2D eigenvalue weighted by Gasteiger charge is -2.14. The van der Waals surface area contributed by atoms with Gasteiger partial charge in [-0.05, 0) is 47.2 Å². The van der Waals surface area contributed by atoms with Crippen LogP contribution in [0.3, 0.4) is 0 Å². The number of primary amides is 1. The first-order chi connectivity index (χ1) is 13.5. The van der Waals surface area contributed by atoms with E-state index in [4.69, 9.17) is 10.5 Å². The van der Waals surface area contributed by atoms with Gasteiger partial charge in [0.2, 0.25) is 0 Å². The second kappa shape index (κ2) is 13.3. The molecule has 0 aliphatic carbocycles. The Morgan fingerprint density at radius 3 is 2.62 bits per heavy atom. The molecule has 0 spiro atoms. The van der Waals surface area contributed by atoms with Gasteiger partial charge < -0.3 is 21.1 Å². The number of ether oxygens (including phenoxy) is 1. The highest BCUT2D eigenvalue weighted by atomic mass is 127. The number of hydrogen-bond donors (Lipinski definition) is 3. The number of carbonyl (C=O) groups is 1. The van der Waals surface area contributed by atoms with Crippen LogP contribution in [0.25, 0.3) is 0 Å². The first kappa shape index (κ1) is 25.0. The summed E-state index contributed by atoms with van der Waals surface area (Å²) in [5, 5.41) is 6.47. The average Bonchev–Trinajstić information content (AvgIpc) is 2.68. The Labute approximate surface area is 191 Å². The number of hydrogen-bond acceptors (Lipinski definition) is 4. The molecule has 0 saturated carbocycles. The van der Waals surface area contributed by atoms with Crippen LogP contribution in [0.1, 0.15) is 16.7 Å². The van der Waals surface area contributed by atoms with Gasteiger partial charge in [0, 0.05) is 25.9 Å². The van der Waals surface area contributed by atoms with E-state index >= 15 is 0 Å². The first-order valence-electron chi connectivity index (χ1n) is 8.72. The number of thioether (sulfide) groups is 1. The summed E-state index contributed by atoms with van der Waals surface area (Å²) in [6.45, 7) is 0.905. The van der Waals surface area contributed by atoms with Gasteiger partial charge in [-0.25, -0.2) is 4.39 Å². The van der Waals surface area contributed by atoms with Crippen molar-refractivity contribution < 1.29 is 13.9 Å². The van der Waals surface area contributed by atoms with Crippen molar-refractivity contribution in [3.8, 4) is 5.75 Å². The standard InChI is InChI=1S/C20H25FN4O2S.HI/c1-23-20(25-11-15-6-7-17(21)9-16(15)13-28-2)24-10-14-4-3-5-18(8-14)27-12-19(22)26;/h3-9H,10-13H2,1-2H3,(H2,22,26)(H2,23,24,25);1H. The smallest absolute Gasteiger partial charge is 0.255 e. The van der Waals surface area contributed by atoms with E-state index in [0.29, 0.717) is 24.8 Å². The molecule has 6 nitrogen and oxygen atoms in total. The van der Waals surface area contributed by atoms with Gasteiger partial charge in [-0.2, -0.15) is 11.8 Å². The molecule has 0 atom stereocenters. The average molecular weight is 532 g/mol. The molecule has 1 amide bonds. The third-order valence-corrected chi connectivity index (χ3v) is 4.48. The summed E-state index contributed by atoms with van der Waals surface area (Å²) in [6, 6.07) is 12.2. The van der Waals surface area contributed by atoms with E-state index in [2.05, 4.69) is 15.6 Å². The van der Waals surface area contributed by atoms with Gasteiger partial charge >= 0.3 is 0 Å². The molecule has 29 heavy (non-hydrogen) atoms. The summed E-state index contributed by atoms with van der Waals surface area (Å²) < 4.78 is 18.8. The summed E-state index contributed by atoms with van der Waals surface area (Å²) in [6.07, 6.45) is 1.99. The minimum Gasteiger partial charge on any atom is -0.484 e. The largest absolute Gasteiger partial charge is 0.484 e. The van der Waals surface area contributed by atoms with Gasteiger partial charge in [-0.15, -0.1) is 24.0 Å². The molecular weight excluding hydrogens is 506 g/mol. The zero-order valence-corrected chi connectivity index (χ0v) is 19.6. The van der Waals surface area contributed by atoms with Crippen molar-refractivity contribution in [2.75, 3.05) is 19.9 Å². The van der Waals surface area contributed by atoms with E-state index in [0.717, 1.165) is 22.4 Å². The second-order valence-corrected chi connectivity index (χ2v) is 6.89. The monoisotopic (exact) mass is 532 g/mol. The minimum absolute atomic E-state index is 0. The normalized spacial score (nSPS) is 10.8. The molecule has 158 valence electrons. The van der Waals surface area contributed by atoms with Crippen molar-refractivity contribution in [1.82, 2.24) is 10.6 Å². The molecule has 0 heterocycles. The van der Waals surface area contributed by atoms with Crippen molar-refractivity contribution in [3.63, 3.8) is 0 Å². The maximum atomic E-state index is 13.5. The molecular formula is C20H26FIN4O2S. The van der Waals surface area contributed by atoms with E-state index in [1.807, 2.05) is 24.5 Å². The summed E-state index contributed by atoms with van der Waals surface area (Å²) in [5.74, 6) is 1.21. The third kappa shape index (κ3) is 8.90. The number of benzene rings is 2. The fraction of sp³-hybridized carbons (Fsp3) is 0.300. The molecule has 4 N–H and O–H groups in total. The number of aliphatic imine (C=N–C) groups is 1. The quantitative estimate of drug-likeness (QED) is 0.263. The number of nitrogens with one attached hydrogen (secondary N) is 2. The molecule has 2 rings (SSSR count). The van der Waals surface area contributed by atoms with E-state index < -0.39 is 5.91 Å². The molecule has 9 heteroatoms. The zero-order valence-electron chi connectivity index (χ0n) is 16.4. The number of guanidine groups is 1. The predicted octanol–water partition coefficient (Wildman–Crippen LogP) is 3.04. The van der Waals surface area contributed by atoms with Crippen LogP contribution in [-0.2, 0) is 23.6 Å². The SMILES string of the molecule is CN=C(NCc1cccc(OCC(N)=O)c1)NCc1ccc(F)cc1CSC.I. The van der Waals surface area contributed by atoms with E-state index in [1.54, 1.807) is 37.0 Å². The summed E-state index contributed by atoms with van der Waals surface area (Å²) >= 11 is 1.65. The molecule has 0 aliphatic rings. The fourth-order valence-electron chi connectivity index (χ4n) is 2.54. The Morgan fingerprint density at radius 1 is 1.17 bits per heavy atom. The van der Waals surface area contributed by atoms with Crippen LogP contribution in [0, 0.1) is 5.82 Å². The second-order valence-electron chi connectivity index (χ2n) is 6.03. The Morgan fingerprint density at radius 2 is 1.93 bits per heavy atom. The van der Waals surface area contributed by atoms with Gasteiger partial charge in [0.25, 0.3) is 5.91 Å². The fourth-order valence-corrected chi connectivity index (χ4v) is 3.12. The summed E-state index contributed by atoms with van der Waals surface area (Å²) in [5.41, 5.74) is 8.05. The van der Waals surface area contributed by atoms with Gasteiger partial charge in [-0.1, -0.05) is 18.2 Å². The Hall–Kier alpha value is -2.01. The number of rotatable bonds is 9. The van der Waals surface area contributed by atoms with Crippen LogP contribution in [0.15, 0.2) is 47.5 Å². The van der Waals surface area contributed by atoms with Crippen molar-refractivity contribution in [2.45, 2.75) is 18.8 Å². The van der Waals surface area contributed by atoms with Crippen LogP contribution in [-0.4, -0.2) is 31.8 Å². The Balaban J connectivity index is 0.00000420. The summed E-state index contributed by atoms with van der Waals surface area (Å²) in [4.78, 5) is 15.0. The molecule has 0 unspecified atom stereocenters. The molecule has 0 bridgehead atoms. The van der Waals surface area contributed by atoms with Crippen molar-refractivity contribution >= 4 is 47.6 Å². The van der Waals surface area contributed by atoms with Crippen molar-refractivity contribution in [3.05, 3.63) is 65.0 Å². The highest BCUT2D eigenvalue weighted by molar-refractivity contribution is 14.0. The topological polar surface area (TPSA) is 88.7 Å². The van der Waals surface area contributed by atoms with E-state index in [-0.39, 0.29) is 36.4 Å². The Bertz CT molecular complexity index is 836. The molecule has 0 saturated heterocycles. The highest BCUT2D eigenvalue weighted by Crippen LogP contribution is 2.17. The lowest BCUT2D eigenvalue weighted by Crippen LogP contribution is -2.36. The van der Waals surface area contributed by atoms with Crippen molar-refractivity contribution in [1.29, 1.82) is 0 Å². The minimum atomic E-state index is -0.519. The lowest BCUT2D eigenvalue weighted by atomic mass is 10.1. The predicted molar refractivity (Wildman–Crippen MR) is 127 cm³/mol. The van der Waals surface area contributed by atoms with Gasteiger partial charge in [-0.3, -0.25) is 9.79 Å². The van der Waals surface area contributed by atoms with E-state index in [9.17, 15) is 9.18 Å². The molecule has 0 radical (unpaired) electrons. The number of nitrogens with zero attached hydrogens (tertiary/aromatic N) is 1. The van der Waals surface area contributed by atoms with Crippen LogP contribution >= 0.6 is 35.7 Å². The molecule has 2 aromatic carbocycles. The van der Waals surface area contributed by atoms with Gasteiger partial charge in [0.1, 0.15) is 11.6 Å². The van der Waals surface area contributed by atoms with Gasteiger partial charge in [0.15, 0.2) is 12.6 Å². The number of carbonyl (C=O) groups excluding carboxylic acids is 1. The molecule has 0 fully saturated rings. The number of halogens is 2. The van der Waals surface area contributed by atoms with E-state index in [1.165, 1.54) is 6.07 Å². The maximum absolute atomic E-state index is 13.5. The lowest BCUT2D eigenvalue weighted by molar-refractivity contribution is -0.119. The van der Waals surface area contributed by atoms with Crippen LogP contribution < -0.4 is 21.1 Å². The van der Waals surface area contributed by atoms with Crippen LogP contribution in [0.4, 0.5) is 4.39 Å². The number of amides is 1. The molecule has 0 aromatic heterocycles. The Kier molecular flexibility index (Phi) is 11.4. The number of nitrogens with two attached hydrogens (primary N) is 1.